The third-order valence-corrected chi connectivity index (χ3v) is 2.91. The third kappa shape index (κ3) is 2.83. The summed E-state index contributed by atoms with van der Waals surface area (Å²) in [6, 6.07) is 2.26. The number of ketones is 1. The van der Waals surface area contributed by atoms with E-state index in [1.54, 1.807) is 0 Å². The van der Waals surface area contributed by atoms with Gasteiger partial charge in [0.25, 0.3) is 5.56 Å². The van der Waals surface area contributed by atoms with Gasteiger partial charge in [0.15, 0.2) is 5.78 Å². The van der Waals surface area contributed by atoms with Gasteiger partial charge in [-0.25, -0.2) is 4.68 Å². The van der Waals surface area contributed by atoms with E-state index in [2.05, 4.69) is 5.10 Å². The molecule has 0 amide bonds. The van der Waals surface area contributed by atoms with E-state index in [1.807, 2.05) is 0 Å². The number of carbonyl (C=O) groups is 2. The van der Waals surface area contributed by atoms with Gasteiger partial charge < -0.3 is 5.11 Å². The van der Waals surface area contributed by atoms with Crippen LogP contribution in [0.2, 0.25) is 0 Å². The van der Waals surface area contributed by atoms with E-state index in [4.69, 9.17) is 5.11 Å². The monoisotopic (exact) mass is 314 g/mol. The molecule has 0 unspecified atom stereocenters. The molecule has 0 bridgehead atoms. The lowest BCUT2D eigenvalue weighted by atomic mass is 10.1. The van der Waals surface area contributed by atoms with Crippen LogP contribution in [0.25, 0.3) is 10.8 Å². The molecule has 0 aliphatic carbocycles. The highest BCUT2D eigenvalue weighted by molar-refractivity contribution is 6.05. The summed E-state index contributed by atoms with van der Waals surface area (Å²) >= 11 is 0. The summed E-state index contributed by atoms with van der Waals surface area (Å²) in [5.74, 6) is -2.04. The zero-order chi connectivity index (χ0) is 16.7. The Hall–Kier alpha value is -2.71. The van der Waals surface area contributed by atoms with Crippen LogP contribution in [0.3, 0.4) is 0 Å². The minimum Gasteiger partial charge on any atom is -0.480 e. The zero-order valence-electron chi connectivity index (χ0n) is 11.1. The Balaban J connectivity index is 2.84. The predicted molar refractivity (Wildman–Crippen MR) is 68.6 cm³/mol. The minimum absolute atomic E-state index is 0.200. The van der Waals surface area contributed by atoms with Crippen molar-refractivity contribution >= 4 is 22.5 Å². The Labute approximate surface area is 120 Å². The standard InChI is InChI=1S/C13H9F3N2O4/c1-6(19)11-9-4-7(13(14,15)16)2-3-8(9)12(22)18(17-11)5-10(20)21/h2-4H,5H2,1H3,(H,20,21). The van der Waals surface area contributed by atoms with Crippen LogP contribution in [-0.2, 0) is 17.5 Å². The second kappa shape index (κ2) is 5.24. The van der Waals surface area contributed by atoms with Gasteiger partial charge in [-0.3, -0.25) is 14.4 Å². The van der Waals surface area contributed by atoms with Crippen LogP contribution >= 0.6 is 0 Å². The summed E-state index contributed by atoms with van der Waals surface area (Å²) in [7, 11) is 0. The van der Waals surface area contributed by atoms with Gasteiger partial charge in [0, 0.05) is 12.3 Å². The molecule has 9 heteroatoms. The quantitative estimate of drug-likeness (QED) is 0.871. The number of rotatable bonds is 3. The number of alkyl halides is 3. The van der Waals surface area contributed by atoms with Crippen molar-refractivity contribution in [1.82, 2.24) is 9.78 Å². The molecule has 0 saturated heterocycles. The summed E-state index contributed by atoms with van der Waals surface area (Å²) in [5, 5.41) is 11.8. The van der Waals surface area contributed by atoms with E-state index < -0.39 is 35.6 Å². The second-order valence-electron chi connectivity index (χ2n) is 4.52. The molecule has 0 fully saturated rings. The molecule has 116 valence electrons. The first-order valence-electron chi connectivity index (χ1n) is 5.96. The molecule has 1 heterocycles. The fraction of sp³-hybridized carbons (Fsp3) is 0.231. The number of carbonyl (C=O) groups excluding carboxylic acids is 1. The highest BCUT2D eigenvalue weighted by Gasteiger charge is 2.31. The van der Waals surface area contributed by atoms with E-state index in [0.29, 0.717) is 16.8 Å². The number of halogens is 3. The molecule has 0 aliphatic heterocycles. The molecule has 1 aromatic heterocycles. The van der Waals surface area contributed by atoms with Gasteiger partial charge in [0.05, 0.1) is 10.9 Å². The third-order valence-electron chi connectivity index (χ3n) is 2.91. The summed E-state index contributed by atoms with van der Waals surface area (Å²) in [4.78, 5) is 34.3. The SMILES string of the molecule is CC(=O)c1nn(CC(=O)O)c(=O)c2ccc(C(F)(F)F)cc12. The number of hydrogen-bond acceptors (Lipinski definition) is 4. The van der Waals surface area contributed by atoms with Crippen LogP contribution < -0.4 is 5.56 Å². The molecule has 0 atom stereocenters. The van der Waals surface area contributed by atoms with Crippen LogP contribution in [0.1, 0.15) is 23.0 Å². The van der Waals surface area contributed by atoms with Gasteiger partial charge in [-0.05, 0) is 18.2 Å². The summed E-state index contributed by atoms with van der Waals surface area (Å²) in [6.45, 7) is 0.272. The lowest BCUT2D eigenvalue weighted by Crippen LogP contribution is -2.28. The van der Waals surface area contributed by atoms with E-state index in [-0.39, 0.29) is 16.5 Å². The van der Waals surface area contributed by atoms with Gasteiger partial charge >= 0.3 is 12.1 Å². The van der Waals surface area contributed by atoms with E-state index in [1.165, 1.54) is 0 Å². The van der Waals surface area contributed by atoms with Crippen LogP contribution in [0, 0.1) is 0 Å². The average molecular weight is 314 g/mol. The zero-order valence-corrected chi connectivity index (χ0v) is 11.1. The summed E-state index contributed by atoms with van der Waals surface area (Å²) in [6.07, 6.45) is -4.64. The molecule has 0 aliphatic rings. The molecular weight excluding hydrogens is 305 g/mol. The Bertz CT molecular complexity index is 840. The second-order valence-corrected chi connectivity index (χ2v) is 4.52. The van der Waals surface area contributed by atoms with Crippen molar-refractivity contribution < 1.29 is 27.9 Å². The van der Waals surface area contributed by atoms with Crippen LogP contribution in [0.4, 0.5) is 13.2 Å². The summed E-state index contributed by atoms with van der Waals surface area (Å²) < 4.78 is 38.7. The number of carboxylic acid groups (broad SMARTS) is 1. The molecule has 6 nitrogen and oxygen atoms in total. The number of Topliss-reactive ketones (excluding diaryl/α,β-unsaturated/α-hetero) is 1. The molecule has 0 saturated carbocycles. The van der Waals surface area contributed by atoms with Crippen molar-refractivity contribution in [2.24, 2.45) is 0 Å². The number of hydrogen-bond donors (Lipinski definition) is 1. The van der Waals surface area contributed by atoms with Crippen molar-refractivity contribution in [3.05, 3.63) is 39.8 Å². The first-order valence-corrected chi connectivity index (χ1v) is 5.96. The molecule has 0 spiro atoms. The highest BCUT2D eigenvalue weighted by atomic mass is 19.4. The van der Waals surface area contributed by atoms with Gasteiger partial charge in [-0.1, -0.05) is 0 Å². The Morgan fingerprint density at radius 2 is 1.91 bits per heavy atom. The first kappa shape index (κ1) is 15.7. The minimum atomic E-state index is -4.64. The summed E-state index contributed by atoms with van der Waals surface area (Å²) in [5.41, 5.74) is -2.29. The van der Waals surface area contributed by atoms with Gasteiger partial charge in [-0.15, -0.1) is 0 Å². The maximum Gasteiger partial charge on any atom is 0.416 e. The maximum atomic E-state index is 12.7. The van der Waals surface area contributed by atoms with Crippen LogP contribution in [0.5, 0.6) is 0 Å². The number of fused-ring (bicyclic) bond motifs is 1. The normalized spacial score (nSPS) is 11.6. The number of carboxylic acids is 1. The lowest BCUT2D eigenvalue weighted by molar-refractivity contribution is -0.138. The van der Waals surface area contributed by atoms with Crippen molar-refractivity contribution in [3.63, 3.8) is 0 Å². The number of aliphatic carboxylic acids is 1. The largest absolute Gasteiger partial charge is 0.480 e. The van der Waals surface area contributed by atoms with E-state index in [0.717, 1.165) is 13.0 Å². The van der Waals surface area contributed by atoms with E-state index in [9.17, 15) is 27.6 Å². The van der Waals surface area contributed by atoms with Crippen molar-refractivity contribution in [2.75, 3.05) is 0 Å². The Morgan fingerprint density at radius 1 is 1.27 bits per heavy atom. The van der Waals surface area contributed by atoms with E-state index >= 15 is 0 Å². The fourth-order valence-electron chi connectivity index (χ4n) is 1.96. The lowest BCUT2D eigenvalue weighted by Gasteiger charge is -2.11. The van der Waals surface area contributed by atoms with Gasteiger partial charge in [0.1, 0.15) is 12.2 Å². The Morgan fingerprint density at radius 3 is 2.41 bits per heavy atom. The molecule has 2 aromatic rings. The topological polar surface area (TPSA) is 89.3 Å². The maximum absolute atomic E-state index is 12.7. The van der Waals surface area contributed by atoms with Gasteiger partial charge in [-0.2, -0.15) is 18.3 Å². The molecule has 22 heavy (non-hydrogen) atoms. The van der Waals surface area contributed by atoms with Crippen molar-refractivity contribution in [2.45, 2.75) is 19.6 Å². The van der Waals surface area contributed by atoms with Crippen LogP contribution in [0.15, 0.2) is 23.0 Å². The van der Waals surface area contributed by atoms with Crippen LogP contribution in [-0.4, -0.2) is 26.6 Å². The smallest absolute Gasteiger partial charge is 0.416 e. The van der Waals surface area contributed by atoms with Crippen molar-refractivity contribution in [1.29, 1.82) is 0 Å². The van der Waals surface area contributed by atoms with Gasteiger partial charge in [0.2, 0.25) is 0 Å². The molecular formula is C13H9F3N2O4. The molecule has 1 N–H and O–H groups in total. The Kier molecular flexibility index (Phi) is 3.74. The first-order chi connectivity index (χ1) is 10.1. The highest BCUT2D eigenvalue weighted by Crippen LogP contribution is 2.31. The average Bonchev–Trinajstić information content (AvgIpc) is 2.39. The molecule has 0 radical (unpaired) electrons. The predicted octanol–water partition coefficient (Wildman–Crippen LogP) is 1.70. The van der Waals surface area contributed by atoms with Crippen molar-refractivity contribution in [3.8, 4) is 0 Å². The number of nitrogens with zero attached hydrogens (tertiary/aromatic N) is 2. The number of benzene rings is 1. The molecule has 2 rings (SSSR count). The fourth-order valence-corrected chi connectivity index (χ4v) is 1.96. The molecule has 1 aromatic carbocycles. The number of aromatic nitrogens is 2.